The minimum absolute atomic E-state index is 0.0487. The highest BCUT2D eigenvalue weighted by Gasteiger charge is 2.12. The molecule has 0 saturated heterocycles. The Morgan fingerprint density at radius 1 is 1.00 bits per heavy atom. The third kappa shape index (κ3) is 6.37. The monoisotopic (exact) mass is 486 g/mol. The highest BCUT2D eigenvalue weighted by molar-refractivity contribution is 7.98. The molecular formula is C28H23FN2O3S. The molecule has 0 saturated carbocycles. The van der Waals surface area contributed by atoms with Crippen molar-refractivity contribution in [2.45, 2.75) is 12.8 Å². The zero-order valence-electron chi connectivity index (χ0n) is 19.2. The summed E-state index contributed by atoms with van der Waals surface area (Å²) >= 11 is 1.68. The summed E-state index contributed by atoms with van der Waals surface area (Å²) in [6.45, 7) is 8.04. The number of hydrogen-bond acceptors (Lipinski definition) is 5. The number of thioether (sulfide) groups is 1. The first-order valence-corrected chi connectivity index (χ1v) is 12.4. The number of ether oxygens (including phenoxy) is 2. The second-order valence-corrected chi connectivity index (χ2v) is 8.85. The molecule has 1 aromatic heterocycles. The summed E-state index contributed by atoms with van der Waals surface area (Å²) in [4.78, 5) is 20.4. The van der Waals surface area contributed by atoms with Gasteiger partial charge in [0.15, 0.2) is 0 Å². The molecule has 176 valence electrons. The average Bonchev–Trinajstić information content (AvgIpc) is 2.86. The van der Waals surface area contributed by atoms with Crippen molar-refractivity contribution < 1.29 is 18.7 Å². The van der Waals surface area contributed by atoms with Crippen LogP contribution < -0.4 is 9.47 Å². The summed E-state index contributed by atoms with van der Waals surface area (Å²) in [5.74, 6) is 2.27. The van der Waals surface area contributed by atoms with E-state index in [2.05, 4.69) is 9.83 Å². The molecule has 0 aliphatic carbocycles. The van der Waals surface area contributed by atoms with Gasteiger partial charge in [-0.1, -0.05) is 24.3 Å². The van der Waals surface area contributed by atoms with Gasteiger partial charge in [-0.15, -0.1) is 0 Å². The second kappa shape index (κ2) is 11.5. The summed E-state index contributed by atoms with van der Waals surface area (Å²) in [6.07, 6.45) is 4.20. The van der Waals surface area contributed by atoms with Gasteiger partial charge in [0.25, 0.3) is 0 Å². The van der Waals surface area contributed by atoms with E-state index in [-0.39, 0.29) is 24.4 Å². The van der Waals surface area contributed by atoms with E-state index in [4.69, 9.17) is 16.0 Å². The smallest absolute Gasteiger partial charge is 0.229 e. The molecule has 0 amide bonds. The van der Waals surface area contributed by atoms with Crippen LogP contribution in [0.3, 0.4) is 0 Å². The largest absolute Gasteiger partial charge is 0.504 e. The number of benzene rings is 3. The fourth-order valence-corrected chi connectivity index (χ4v) is 3.84. The number of ketones is 1. The van der Waals surface area contributed by atoms with Crippen LogP contribution in [0.5, 0.6) is 17.2 Å². The van der Waals surface area contributed by atoms with E-state index in [1.807, 2.05) is 30.5 Å². The third-order valence-corrected chi connectivity index (χ3v) is 5.89. The lowest BCUT2D eigenvalue weighted by molar-refractivity contribution is -0.117. The van der Waals surface area contributed by atoms with Gasteiger partial charge in [0.1, 0.15) is 28.8 Å². The van der Waals surface area contributed by atoms with Crippen LogP contribution in [0, 0.1) is 12.4 Å². The van der Waals surface area contributed by atoms with Crippen molar-refractivity contribution in [1.82, 2.24) is 4.98 Å². The second-order valence-electron chi connectivity index (χ2n) is 7.86. The van der Waals surface area contributed by atoms with Gasteiger partial charge in [-0.2, -0.15) is 11.8 Å². The number of nitrogens with zero attached hydrogens (tertiary/aromatic N) is 2. The van der Waals surface area contributed by atoms with Crippen LogP contribution in [0.2, 0.25) is 0 Å². The zero-order valence-corrected chi connectivity index (χ0v) is 20.0. The number of hydrogen-bond donors (Lipinski definition) is 0. The van der Waals surface area contributed by atoms with Gasteiger partial charge in [-0.25, -0.2) is 9.24 Å². The molecular weight excluding hydrogens is 463 g/mol. The molecule has 4 aromatic rings. The SMILES string of the molecule is [C-]#[N+]c1cc2c(Oc3ccc(CC(=O)Cc4ccc(F)cc4)cc3)ccnc2cc1OCCSC. The van der Waals surface area contributed by atoms with Crippen molar-refractivity contribution >= 4 is 34.1 Å². The first-order chi connectivity index (χ1) is 17.1. The lowest BCUT2D eigenvalue weighted by Gasteiger charge is -2.12. The molecule has 0 aliphatic rings. The molecule has 4 rings (SSSR count). The van der Waals surface area contributed by atoms with E-state index >= 15 is 0 Å². The van der Waals surface area contributed by atoms with Gasteiger partial charge in [0.05, 0.1) is 18.7 Å². The lowest BCUT2D eigenvalue weighted by Crippen LogP contribution is -2.06. The Morgan fingerprint density at radius 2 is 1.69 bits per heavy atom. The maximum Gasteiger partial charge on any atom is 0.229 e. The Hall–Kier alpha value is -3.89. The van der Waals surface area contributed by atoms with Gasteiger partial charge in [-0.05, 0) is 59.8 Å². The quantitative estimate of drug-likeness (QED) is 0.182. The summed E-state index contributed by atoms with van der Waals surface area (Å²) < 4.78 is 24.9. The first-order valence-electron chi connectivity index (χ1n) is 11.0. The van der Waals surface area contributed by atoms with Crippen LogP contribution >= 0.6 is 11.8 Å². The van der Waals surface area contributed by atoms with E-state index < -0.39 is 0 Å². The van der Waals surface area contributed by atoms with Crippen LogP contribution in [-0.2, 0) is 17.6 Å². The molecule has 7 heteroatoms. The molecule has 0 bridgehead atoms. The van der Waals surface area contributed by atoms with Gasteiger partial charge in [0.2, 0.25) is 5.69 Å². The molecule has 5 nitrogen and oxygen atoms in total. The number of Topliss-reactive ketones (excluding diaryl/α,β-unsaturated/α-hetero) is 1. The number of halogens is 1. The highest BCUT2D eigenvalue weighted by atomic mass is 32.2. The maximum atomic E-state index is 13.0. The number of carbonyl (C=O) groups is 1. The standard InChI is InChI=1S/C28H23FN2O3S/c1-30-26-17-24-25(18-28(26)33-13-14-35-2)31-12-11-27(24)34-23-9-5-20(6-10-23)16-22(32)15-19-3-7-21(29)8-4-19/h3-12,17-18H,13-16H2,2H3. The minimum atomic E-state index is -0.316. The van der Waals surface area contributed by atoms with Gasteiger partial charge < -0.3 is 9.47 Å². The van der Waals surface area contributed by atoms with Crippen LogP contribution in [0.1, 0.15) is 11.1 Å². The third-order valence-electron chi connectivity index (χ3n) is 5.31. The summed E-state index contributed by atoms with van der Waals surface area (Å²) in [6, 6.07) is 18.6. The molecule has 0 radical (unpaired) electrons. The lowest BCUT2D eigenvalue weighted by atomic mass is 10.0. The van der Waals surface area contributed by atoms with E-state index in [1.54, 1.807) is 48.3 Å². The summed E-state index contributed by atoms with van der Waals surface area (Å²) in [5, 5.41) is 0.717. The Morgan fingerprint density at radius 3 is 2.34 bits per heavy atom. The number of pyridine rings is 1. The molecule has 1 heterocycles. The molecule has 3 aromatic carbocycles. The zero-order chi connectivity index (χ0) is 24.6. The Labute approximate surface area is 207 Å². The van der Waals surface area contributed by atoms with E-state index in [0.717, 1.165) is 16.9 Å². The van der Waals surface area contributed by atoms with Crippen molar-refractivity contribution in [3.63, 3.8) is 0 Å². The van der Waals surface area contributed by atoms with Crippen molar-refractivity contribution in [2.24, 2.45) is 0 Å². The maximum absolute atomic E-state index is 13.0. The molecule has 0 unspecified atom stereocenters. The van der Waals surface area contributed by atoms with Crippen molar-refractivity contribution in [1.29, 1.82) is 0 Å². The van der Waals surface area contributed by atoms with Crippen LogP contribution in [0.4, 0.5) is 10.1 Å². The first kappa shape index (κ1) is 24.2. The fourth-order valence-electron chi connectivity index (χ4n) is 3.59. The Balaban J connectivity index is 1.46. The molecule has 0 atom stereocenters. The fraction of sp³-hybridized carbons (Fsp3) is 0.179. The van der Waals surface area contributed by atoms with Gasteiger partial charge in [-0.3, -0.25) is 9.78 Å². The van der Waals surface area contributed by atoms with Crippen molar-refractivity contribution in [3.8, 4) is 17.2 Å². The van der Waals surface area contributed by atoms with Crippen LogP contribution in [-0.4, -0.2) is 29.4 Å². The molecule has 35 heavy (non-hydrogen) atoms. The van der Waals surface area contributed by atoms with Gasteiger partial charge >= 0.3 is 0 Å². The molecule has 0 fully saturated rings. The summed E-state index contributed by atoms with van der Waals surface area (Å²) in [7, 11) is 0. The van der Waals surface area contributed by atoms with Crippen molar-refractivity contribution in [3.05, 3.63) is 101 Å². The topological polar surface area (TPSA) is 52.8 Å². The Bertz CT molecular complexity index is 1370. The predicted molar refractivity (Wildman–Crippen MR) is 137 cm³/mol. The molecule has 0 N–H and O–H groups in total. The summed E-state index contributed by atoms with van der Waals surface area (Å²) in [5.41, 5.74) is 2.74. The number of fused-ring (bicyclic) bond motifs is 1. The Kier molecular flexibility index (Phi) is 7.96. The average molecular weight is 487 g/mol. The van der Waals surface area contributed by atoms with Crippen LogP contribution in [0.25, 0.3) is 15.7 Å². The predicted octanol–water partition coefficient (Wildman–Crippen LogP) is 6.81. The molecule has 0 aliphatic heterocycles. The molecule has 0 spiro atoms. The van der Waals surface area contributed by atoms with E-state index in [0.29, 0.717) is 40.4 Å². The van der Waals surface area contributed by atoms with Gasteiger partial charge in [0, 0.05) is 30.2 Å². The number of aromatic nitrogens is 1. The van der Waals surface area contributed by atoms with Crippen LogP contribution in [0.15, 0.2) is 72.9 Å². The normalized spacial score (nSPS) is 10.7. The van der Waals surface area contributed by atoms with E-state index in [1.165, 1.54) is 12.1 Å². The van der Waals surface area contributed by atoms with Crippen molar-refractivity contribution in [2.75, 3.05) is 18.6 Å². The van der Waals surface area contributed by atoms with E-state index in [9.17, 15) is 9.18 Å². The number of rotatable bonds is 10. The highest BCUT2D eigenvalue weighted by Crippen LogP contribution is 2.37. The number of carbonyl (C=O) groups excluding carboxylic acids is 1. The minimum Gasteiger partial charge on any atom is -0.504 e.